The van der Waals surface area contributed by atoms with Crippen molar-refractivity contribution in [2.24, 2.45) is 5.92 Å². The van der Waals surface area contributed by atoms with Crippen LogP contribution in [0.5, 0.6) is 17.2 Å². The average Bonchev–Trinajstić information content (AvgIpc) is 3.76. The topological polar surface area (TPSA) is 163 Å². The molecule has 2 aliphatic rings. The van der Waals surface area contributed by atoms with Crippen molar-refractivity contribution in [2.45, 2.75) is 31.6 Å². The quantitative estimate of drug-likeness (QED) is 0.236. The Morgan fingerprint density at radius 1 is 1.00 bits per heavy atom. The van der Waals surface area contributed by atoms with Crippen molar-refractivity contribution in [2.75, 3.05) is 45.3 Å². The second-order valence-corrected chi connectivity index (χ2v) is 10.4. The van der Waals surface area contributed by atoms with Gasteiger partial charge in [-0.3, -0.25) is 14.8 Å². The molecule has 1 unspecified atom stereocenters. The number of aromatic nitrogens is 2. The molecule has 3 aromatic rings. The largest absolute Gasteiger partial charge is 0.497 e. The molecule has 0 bridgehead atoms. The molecule has 4 N–H and O–H groups in total. The number of benzene rings is 2. The fraction of sp³-hybridized carbons (Fsp3) is 0.400. The van der Waals surface area contributed by atoms with Gasteiger partial charge < -0.3 is 29.7 Å². The van der Waals surface area contributed by atoms with Gasteiger partial charge in [0.25, 0.3) is 0 Å². The average molecular weight is 691 g/mol. The van der Waals surface area contributed by atoms with Gasteiger partial charge in [-0.15, -0.1) is 0 Å². The number of alkyl halides is 6. The van der Waals surface area contributed by atoms with Crippen LogP contribution in [0.1, 0.15) is 18.4 Å². The summed E-state index contributed by atoms with van der Waals surface area (Å²) in [5.41, 5.74) is 3.58. The zero-order valence-electron chi connectivity index (χ0n) is 25.4. The predicted molar refractivity (Wildman–Crippen MR) is 157 cm³/mol. The van der Waals surface area contributed by atoms with Crippen molar-refractivity contribution in [1.82, 2.24) is 15.1 Å². The van der Waals surface area contributed by atoms with Gasteiger partial charge in [0, 0.05) is 18.3 Å². The summed E-state index contributed by atoms with van der Waals surface area (Å²) in [4.78, 5) is 33.4. The number of carbonyl (C=O) groups excluding carboxylic acids is 1. The lowest BCUT2D eigenvalue weighted by Crippen LogP contribution is -2.32. The van der Waals surface area contributed by atoms with E-state index in [9.17, 15) is 31.1 Å². The number of carboxylic acids is 2. The molecule has 3 heterocycles. The lowest BCUT2D eigenvalue weighted by atomic mass is 9.95. The van der Waals surface area contributed by atoms with Crippen LogP contribution in [-0.2, 0) is 20.8 Å². The molecule has 0 aliphatic carbocycles. The molecule has 12 nitrogen and oxygen atoms in total. The van der Waals surface area contributed by atoms with E-state index in [4.69, 9.17) is 34.0 Å². The van der Waals surface area contributed by atoms with Gasteiger partial charge in [0.2, 0.25) is 5.91 Å². The molecule has 2 aromatic carbocycles. The number of halogens is 6. The summed E-state index contributed by atoms with van der Waals surface area (Å²) >= 11 is 0. The number of anilines is 1. The maximum absolute atomic E-state index is 13.2. The number of aromatic amines is 1. The van der Waals surface area contributed by atoms with E-state index in [0.717, 1.165) is 47.8 Å². The number of methoxy groups -OCH3 is 1. The smallest absolute Gasteiger partial charge is 0.490 e. The van der Waals surface area contributed by atoms with Crippen LogP contribution >= 0.6 is 0 Å². The summed E-state index contributed by atoms with van der Waals surface area (Å²) in [6.45, 7) is 4.02. The molecule has 48 heavy (non-hydrogen) atoms. The highest BCUT2D eigenvalue weighted by atomic mass is 19.4. The Labute approximate surface area is 269 Å². The standard InChI is InChI=1S/C26H30N4O4.2C2HF3O2/c1-32-22-5-7-24-19(13-22)12-20(17-34-24)26(31)29-23-6-4-18(21-15-27-28-16-21)14-25(23)33-11-10-30-8-2-3-9-30;2*3-2(4,5)1(6)7/h4-7,13-16,20H,2-3,8-12,17H2,1H3,(H,27,28)(H,29,31);2*(H,6,7). The molecule has 2 aliphatic heterocycles. The highest BCUT2D eigenvalue weighted by Crippen LogP contribution is 2.34. The number of hydrogen-bond acceptors (Lipinski definition) is 8. The Balaban J connectivity index is 0.000000376. The van der Waals surface area contributed by atoms with Crippen molar-refractivity contribution in [3.8, 4) is 28.4 Å². The summed E-state index contributed by atoms with van der Waals surface area (Å²) in [5.74, 6) is -3.68. The van der Waals surface area contributed by atoms with E-state index in [1.165, 1.54) is 12.8 Å². The molecule has 0 spiro atoms. The fourth-order valence-corrected chi connectivity index (χ4v) is 4.53. The number of nitrogens with one attached hydrogen (secondary N) is 2. The SMILES string of the molecule is COc1ccc2c(c1)CC(C(=O)Nc1ccc(-c3cn[nH]c3)cc1OCCN1CCCC1)CO2.O=C(O)C(F)(F)F.O=C(O)C(F)(F)F. The van der Waals surface area contributed by atoms with Crippen LogP contribution in [0.3, 0.4) is 0 Å². The summed E-state index contributed by atoms with van der Waals surface area (Å²) < 4.78 is 80.8. The molecule has 5 rings (SSSR count). The van der Waals surface area contributed by atoms with Gasteiger partial charge in [0.05, 0.1) is 24.9 Å². The molecular weight excluding hydrogens is 658 g/mol. The molecule has 1 fully saturated rings. The number of nitrogens with zero attached hydrogens (tertiary/aromatic N) is 2. The monoisotopic (exact) mass is 690 g/mol. The second-order valence-electron chi connectivity index (χ2n) is 10.4. The highest BCUT2D eigenvalue weighted by molar-refractivity contribution is 5.95. The van der Waals surface area contributed by atoms with Crippen LogP contribution in [0.2, 0.25) is 0 Å². The van der Waals surface area contributed by atoms with Gasteiger partial charge in [-0.25, -0.2) is 9.59 Å². The molecule has 1 atom stereocenters. The number of likely N-dealkylation sites (tertiary alicyclic amines) is 1. The maximum Gasteiger partial charge on any atom is 0.490 e. The van der Waals surface area contributed by atoms with Gasteiger partial charge >= 0.3 is 24.3 Å². The molecule has 0 radical (unpaired) electrons. The zero-order valence-corrected chi connectivity index (χ0v) is 25.4. The third kappa shape index (κ3) is 11.4. The first-order chi connectivity index (χ1) is 22.6. The van der Waals surface area contributed by atoms with E-state index in [2.05, 4.69) is 20.4 Å². The fourth-order valence-electron chi connectivity index (χ4n) is 4.53. The molecule has 0 saturated carbocycles. The minimum Gasteiger partial charge on any atom is -0.497 e. The number of aliphatic carboxylic acids is 2. The molecular formula is C30H32F6N4O8. The number of ether oxygens (including phenoxy) is 3. The van der Waals surface area contributed by atoms with Crippen LogP contribution in [0.4, 0.5) is 32.0 Å². The van der Waals surface area contributed by atoms with E-state index in [1.54, 1.807) is 13.3 Å². The minimum atomic E-state index is -5.08. The van der Waals surface area contributed by atoms with Crippen LogP contribution in [0.15, 0.2) is 48.8 Å². The van der Waals surface area contributed by atoms with Crippen molar-refractivity contribution >= 4 is 23.5 Å². The first-order valence-electron chi connectivity index (χ1n) is 14.3. The van der Waals surface area contributed by atoms with Gasteiger partial charge in [0.1, 0.15) is 30.5 Å². The third-order valence-electron chi connectivity index (χ3n) is 6.96. The summed E-state index contributed by atoms with van der Waals surface area (Å²) in [5, 5.41) is 24.2. The number of carboxylic acid groups (broad SMARTS) is 2. The summed E-state index contributed by atoms with van der Waals surface area (Å²) in [7, 11) is 1.63. The van der Waals surface area contributed by atoms with Gasteiger partial charge in [-0.2, -0.15) is 31.4 Å². The van der Waals surface area contributed by atoms with E-state index in [0.29, 0.717) is 31.1 Å². The number of amides is 1. The molecule has 1 aromatic heterocycles. The number of H-pyrrole nitrogens is 1. The van der Waals surface area contributed by atoms with Crippen LogP contribution in [-0.4, -0.2) is 95.5 Å². The molecule has 1 saturated heterocycles. The van der Waals surface area contributed by atoms with E-state index in [-0.39, 0.29) is 11.8 Å². The van der Waals surface area contributed by atoms with E-state index >= 15 is 0 Å². The Bertz CT molecular complexity index is 1500. The summed E-state index contributed by atoms with van der Waals surface area (Å²) in [6, 6.07) is 11.5. The van der Waals surface area contributed by atoms with Gasteiger partial charge in [0.15, 0.2) is 0 Å². The number of hydrogen-bond donors (Lipinski definition) is 4. The normalized spacial score (nSPS) is 15.8. The summed E-state index contributed by atoms with van der Waals surface area (Å²) in [6.07, 6.45) is -3.47. The lowest BCUT2D eigenvalue weighted by Gasteiger charge is -2.25. The molecule has 1 amide bonds. The van der Waals surface area contributed by atoms with Crippen molar-refractivity contribution in [1.29, 1.82) is 0 Å². The second kappa shape index (κ2) is 16.7. The maximum atomic E-state index is 13.2. The van der Waals surface area contributed by atoms with Crippen LogP contribution in [0.25, 0.3) is 11.1 Å². The Morgan fingerprint density at radius 2 is 1.65 bits per heavy atom. The number of fused-ring (bicyclic) bond motifs is 1. The lowest BCUT2D eigenvalue weighted by molar-refractivity contribution is -0.193. The Kier molecular flexibility index (Phi) is 13.0. The highest BCUT2D eigenvalue weighted by Gasteiger charge is 2.39. The van der Waals surface area contributed by atoms with Crippen molar-refractivity contribution < 1.29 is 65.1 Å². The van der Waals surface area contributed by atoms with E-state index in [1.807, 2.05) is 42.6 Å². The first kappa shape index (κ1) is 37.5. The van der Waals surface area contributed by atoms with Crippen molar-refractivity contribution in [3.05, 3.63) is 54.4 Å². The number of rotatable bonds is 8. The van der Waals surface area contributed by atoms with E-state index < -0.39 is 24.3 Å². The predicted octanol–water partition coefficient (Wildman–Crippen LogP) is 5.02. The minimum absolute atomic E-state index is 0.0890. The van der Waals surface area contributed by atoms with Gasteiger partial charge in [-0.05, 0) is 73.8 Å². The van der Waals surface area contributed by atoms with Crippen LogP contribution in [0, 0.1) is 5.92 Å². The number of carbonyl (C=O) groups is 3. The Morgan fingerprint density at radius 3 is 2.21 bits per heavy atom. The van der Waals surface area contributed by atoms with Gasteiger partial charge in [-0.1, -0.05) is 6.07 Å². The first-order valence-corrected chi connectivity index (χ1v) is 14.3. The molecule has 18 heteroatoms. The molecule has 262 valence electrons. The Hall–Kier alpha value is -5.00. The van der Waals surface area contributed by atoms with Crippen LogP contribution < -0.4 is 19.5 Å². The van der Waals surface area contributed by atoms with Crippen molar-refractivity contribution in [3.63, 3.8) is 0 Å². The zero-order chi connectivity index (χ0) is 35.5. The third-order valence-corrected chi connectivity index (χ3v) is 6.96.